The average molecular weight is 265 g/mol. The van der Waals surface area contributed by atoms with Crippen molar-refractivity contribution in [2.75, 3.05) is 0 Å². The molecule has 3 rings (SSSR count). The maximum atomic E-state index is 5.81. The lowest BCUT2D eigenvalue weighted by atomic mass is 10.4. The Morgan fingerprint density at radius 1 is 1.39 bits per heavy atom. The highest BCUT2D eigenvalue weighted by atomic mass is 35.5. The summed E-state index contributed by atoms with van der Waals surface area (Å²) in [7, 11) is 0. The van der Waals surface area contributed by atoms with Gasteiger partial charge in [0, 0.05) is 6.54 Å². The summed E-state index contributed by atoms with van der Waals surface area (Å²) in [6, 6.07) is 0. The molecule has 0 atom stereocenters. The average Bonchev–Trinajstić information content (AvgIpc) is 2.97. The lowest BCUT2D eigenvalue weighted by Crippen LogP contribution is -1.93. The number of halogens is 1. The molecule has 92 valence electrons. The van der Waals surface area contributed by atoms with Crippen LogP contribution in [0.5, 0.6) is 11.6 Å². The van der Waals surface area contributed by atoms with Crippen LogP contribution in [0, 0.1) is 0 Å². The first-order valence-corrected chi connectivity index (χ1v) is 5.71. The summed E-state index contributed by atoms with van der Waals surface area (Å²) in [5, 5.41) is 11.5. The van der Waals surface area contributed by atoms with Crippen molar-refractivity contribution in [2.45, 2.75) is 13.5 Å². The van der Waals surface area contributed by atoms with Gasteiger partial charge in [0.25, 0.3) is 0 Å². The smallest absolute Gasteiger partial charge is 0.234 e. The highest BCUT2D eigenvalue weighted by Gasteiger charge is 2.11. The molecule has 0 radical (unpaired) electrons. The van der Waals surface area contributed by atoms with Crippen LogP contribution in [-0.2, 0) is 6.54 Å². The van der Waals surface area contributed by atoms with E-state index in [2.05, 4.69) is 25.3 Å². The van der Waals surface area contributed by atoms with Crippen LogP contribution >= 0.6 is 11.6 Å². The monoisotopic (exact) mass is 264 g/mol. The Morgan fingerprint density at radius 2 is 2.28 bits per heavy atom. The molecule has 0 spiro atoms. The van der Waals surface area contributed by atoms with Gasteiger partial charge in [0.15, 0.2) is 11.4 Å². The molecule has 0 amide bonds. The number of hydrogen-bond acceptors (Lipinski definition) is 5. The molecular formula is C10H9ClN6O. The predicted molar refractivity (Wildman–Crippen MR) is 64.7 cm³/mol. The first-order valence-electron chi connectivity index (χ1n) is 5.33. The normalized spacial score (nSPS) is 11.0. The van der Waals surface area contributed by atoms with E-state index in [-0.39, 0.29) is 5.28 Å². The van der Waals surface area contributed by atoms with Crippen molar-refractivity contribution in [1.29, 1.82) is 0 Å². The third-order valence-corrected chi connectivity index (χ3v) is 2.56. The molecule has 3 heterocycles. The van der Waals surface area contributed by atoms with Crippen LogP contribution in [0.3, 0.4) is 0 Å². The van der Waals surface area contributed by atoms with Crippen molar-refractivity contribution in [3.05, 3.63) is 23.9 Å². The fourth-order valence-electron chi connectivity index (χ4n) is 1.54. The Bertz CT molecular complexity index is 691. The van der Waals surface area contributed by atoms with Gasteiger partial charge >= 0.3 is 0 Å². The standard InChI is InChI=1S/C10H9ClN6O/c1-2-17-5-6(3-13-17)18-9-7-4-12-16-8(7)14-10(11)15-9/h3-5H,2H2,1H3,(H,12,14,15,16). The van der Waals surface area contributed by atoms with Gasteiger partial charge < -0.3 is 4.74 Å². The number of aryl methyl sites for hydroxylation is 1. The quantitative estimate of drug-likeness (QED) is 0.732. The van der Waals surface area contributed by atoms with Crippen LogP contribution in [-0.4, -0.2) is 29.9 Å². The zero-order chi connectivity index (χ0) is 12.5. The number of rotatable bonds is 3. The van der Waals surface area contributed by atoms with E-state index in [9.17, 15) is 0 Å². The molecule has 0 aliphatic heterocycles. The van der Waals surface area contributed by atoms with E-state index in [1.54, 1.807) is 23.3 Å². The Hall–Kier alpha value is -2.15. The topological polar surface area (TPSA) is 81.5 Å². The Morgan fingerprint density at radius 3 is 3.06 bits per heavy atom. The summed E-state index contributed by atoms with van der Waals surface area (Å²) in [4.78, 5) is 8.03. The summed E-state index contributed by atoms with van der Waals surface area (Å²) < 4.78 is 7.39. The zero-order valence-corrected chi connectivity index (χ0v) is 10.2. The number of aromatic nitrogens is 6. The van der Waals surface area contributed by atoms with E-state index < -0.39 is 0 Å². The van der Waals surface area contributed by atoms with E-state index in [4.69, 9.17) is 16.3 Å². The highest BCUT2D eigenvalue weighted by Crippen LogP contribution is 2.26. The Kier molecular flexibility index (Phi) is 2.60. The second-order valence-electron chi connectivity index (χ2n) is 3.56. The van der Waals surface area contributed by atoms with Crippen molar-refractivity contribution >= 4 is 22.6 Å². The van der Waals surface area contributed by atoms with Gasteiger partial charge in [0.2, 0.25) is 11.2 Å². The van der Waals surface area contributed by atoms with Crippen molar-refractivity contribution in [1.82, 2.24) is 29.9 Å². The first-order chi connectivity index (χ1) is 8.76. The second-order valence-corrected chi connectivity index (χ2v) is 3.90. The van der Waals surface area contributed by atoms with Gasteiger partial charge in [-0.25, -0.2) is 0 Å². The largest absolute Gasteiger partial charge is 0.435 e. The highest BCUT2D eigenvalue weighted by molar-refractivity contribution is 6.28. The minimum Gasteiger partial charge on any atom is -0.435 e. The van der Waals surface area contributed by atoms with Crippen LogP contribution < -0.4 is 4.74 Å². The van der Waals surface area contributed by atoms with Crippen molar-refractivity contribution in [2.24, 2.45) is 0 Å². The molecule has 0 aliphatic rings. The number of nitrogens with zero attached hydrogens (tertiary/aromatic N) is 5. The van der Waals surface area contributed by atoms with Crippen LogP contribution in [0.4, 0.5) is 0 Å². The molecule has 0 aromatic carbocycles. The second kappa shape index (κ2) is 4.26. The molecular weight excluding hydrogens is 256 g/mol. The third-order valence-electron chi connectivity index (χ3n) is 2.40. The molecule has 7 nitrogen and oxygen atoms in total. The number of nitrogens with one attached hydrogen (secondary N) is 1. The van der Waals surface area contributed by atoms with E-state index in [0.717, 1.165) is 6.54 Å². The minimum absolute atomic E-state index is 0.102. The van der Waals surface area contributed by atoms with Gasteiger partial charge in [-0.1, -0.05) is 0 Å². The number of H-pyrrole nitrogens is 1. The molecule has 3 aromatic heterocycles. The fourth-order valence-corrected chi connectivity index (χ4v) is 1.70. The zero-order valence-electron chi connectivity index (χ0n) is 9.46. The Balaban J connectivity index is 2.00. The molecule has 0 saturated heterocycles. The van der Waals surface area contributed by atoms with Crippen molar-refractivity contribution in [3.63, 3.8) is 0 Å². The summed E-state index contributed by atoms with van der Waals surface area (Å²) in [5.41, 5.74) is 0.535. The van der Waals surface area contributed by atoms with Gasteiger partial charge in [-0.3, -0.25) is 9.78 Å². The minimum atomic E-state index is 0.102. The third kappa shape index (κ3) is 1.88. The molecule has 3 aromatic rings. The summed E-state index contributed by atoms with van der Waals surface area (Å²) in [6.07, 6.45) is 4.98. The summed E-state index contributed by atoms with van der Waals surface area (Å²) in [5.74, 6) is 0.948. The van der Waals surface area contributed by atoms with Gasteiger partial charge in [0.05, 0.1) is 18.6 Å². The lowest BCUT2D eigenvalue weighted by molar-refractivity contribution is 0.467. The molecule has 8 heteroatoms. The number of fused-ring (bicyclic) bond motifs is 1. The number of aromatic amines is 1. The van der Waals surface area contributed by atoms with Crippen LogP contribution in [0.15, 0.2) is 18.6 Å². The fraction of sp³-hybridized carbons (Fsp3) is 0.200. The Labute approximate surface area is 107 Å². The van der Waals surface area contributed by atoms with Crippen LogP contribution in [0.1, 0.15) is 6.92 Å². The van der Waals surface area contributed by atoms with Crippen LogP contribution in [0.25, 0.3) is 11.0 Å². The lowest BCUT2D eigenvalue weighted by Gasteiger charge is -2.02. The van der Waals surface area contributed by atoms with Gasteiger partial charge in [-0.05, 0) is 18.5 Å². The van der Waals surface area contributed by atoms with E-state index in [1.807, 2.05) is 6.92 Å². The van der Waals surface area contributed by atoms with E-state index in [0.29, 0.717) is 22.7 Å². The molecule has 0 bridgehead atoms. The van der Waals surface area contributed by atoms with Gasteiger partial charge in [-0.2, -0.15) is 20.2 Å². The SMILES string of the molecule is CCn1cc(Oc2nc(Cl)nc3[nH]ncc23)cn1. The maximum Gasteiger partial charge on any atom is 0.234 e. The molecule has 0 fully saturated rings. The molecule has 18 heavy (non-hydrogen) atoms. The first kappa shape index (κ1) is 11.0. The van der Waals surface area contributed by atoms with E-state index in [1.165, 1.54) is 0 Å². The predicted octanol–water partition coefficient (Wildman–Crippen LogP) is 2.01. The maximum absolute atomic E-state index is 5.81. The number of ether oxygens (including phenoxy) is 1. The molecule has 0 saturated carbocycles. The van der Waals surface area contributed by atoms with E-state index >= 15 is 0 Å². The van der Waals surface area contributed by atoms with Crippen molar-refractivity contribution < 1.29 is 4.74 Å². The number of hydrogen-bond donors (Lipinski definition) is 1. The summed E-state index contributed by atoms with van der Waals surface area (Å²) in [6.45, 7) is 2.77. The summed E-state index contributed by atoms with van der Waals surface area (Å²) >= 11 is 5.81. The molecule has 0 unspecified atom stereocenters. The van der Waals surface area contributed by atoms with Gasteiger partial charge in [-0.15, -0.1) is 0 Å². The molecule has 1 N–H and O–H groups in total. The van der Waals surface area contributed by atoms with Gasteiger partial charge in [0.1, 0.15) is 5.39 Å². The van der Waals surface area contributed by atoms with Crippen molar-refractivity contribution in [3.8, 4) is 11.6 Å². The van der Waals surface area contributed by atoms with Crippen LogP contribution in [0.2, 0.25) is 5.28 Å². The molecule has 0 aliphatic carbocycles.